The fraction of sp³-hybridized carbons (Fsp3) is 0.536. The molecular formula is C28H32N2O4. The van der Waals surface area contributed by atoms with Crippen molar-refractivity contribution in [2.75, 3.05) is 13.1 Å². The maximum atomic E-state index is 12.7. The lowest BCUT2D eigenvalue weighted by atomic mass is 9.46. The number of hydrogen-bond acceptors (Lipinski definition) is 6. The molecule has 3 fully saturated rings. The van der Waals surface area contributed by atoms with Gasteiger partial charge in [-0.25, -0.2) is 0 Å². The SMILES string of the molecule is Cc1cccc(C2C(=NO)C[C@@]3(O)[C@H]4Cc5ccc(O)c6c5[C@@]3(CCN4CC3CC3)[C@H]2O6)c1C. The summed E-state index contributed by atoms with van der Waals surface area (Å²) in [6.45, 7) is 6.11. The molecule has 2 saturated carbocycles. The summed E-state index contributed by atoms with van der Waals surface area (Å²) in [5.74, 6) is 1.08. The van der Waals surface area contributed by atoms with Gasteiger partial charge in [0.1, 0.15) is 6.10 Å². The molecule has 2 heterocycles. The lowest BCUT2D eigenvalue weighted by molar-refractivity contribution is -0.170. The molecule has 3 N–H and O–H groups in total. The van der Waals surface area contributed by atoms with Crippen LogP contribution in [0.1, 0.15) is 59.4 Å². The molecule has 0 aromatic heterocycles. The quantitative estimate of drug-likeness (QED) is 0.479. The smallest absolute Gasteiger partial charge is 0.165 e. The Balaban J connectivity index is 1.47. The van der Waals surface area contributed by atoms with Crippen molar-refractivity contribution in [3.05, 3.63) is 58.1 Å². The number of likely N-dealkylation sites (tertiary alicyclic amines) is 1. The van der Waals surface area contributed by atoms with Crippen molar-refractivity contribution in [1.29, 1.82) is 0 Å². The Morgan fingerprint density at radius 2 is 2.00 bits per heavy atom. The minimum absolute atomic E-state index is 0.0627. The number of oxime groups is 1. The minimum atomic E-state index is -1.12. The number of hydrogen-bond donors (Lipinski definition) is 3. The molecule has 7 rings (SSSR count). The lowest BCUT2D eigenvalue weighted by Gasteiger charge is -2.64. The van der Waals surface area contributed by atoms with Crippen LogP contribution >= 0.6 is 0 Å². The molecule has 6 nitrogen and oxygen atoms in total. The molecule has 1 spiro atoms. The molecule has 2 aromatic rings. The van der Waals surface area contributed by atoms with Crippen LogP contribution in [-0.4, -0.2) is 56.9 Å². The van der Waals surface area contributed by atoms with E-state index in [4.69, 9.17) is 4.74 Å². The van der Waals surface area contributed by atoms with Gasteiger partial charge < -0.3 is 20.2 Å². The number of piperidine rings is 1. The van der Waals surface area contributed by atoms with E-state index in [9.17, 15) is 15.4 Å². The molecule has 34 heavy (non-hydrogen) atoms. The highest BCUT2D eigenvalue weighted by atomic mass is 16.5. The van der Waals surface area contributed by atoms with E-state index in [-0.39, 0.29) is 17.7 Å². The predicted molar refractivity (Wildman–Crippen MR) is 128 cm³/mol. The highest BCUT2D eigenvalue weighted by molar-refractivity contribution is 5.95. The van der Waals surface area contributed by atoms with E-state index in [0.717, 1.165) is 48.5 Å². The zero-order chi connectivity index (χ0) is 23.4. The van der Waals surface area contributed by atoms with E-state index >= 15 is 0 Å². The van der Waals surface area contributed by atoms with Crippen LogP contribution in [0.3, 0.4) is 0 Å². The van der Waals surface area contributed by atoms with Gasteiger partial charge in [-0.1, -0.05) is 29.4 Å². The van der Waals surface area contributed by atoms with Crippen molar-refractivity contribution >= 4 is 5.71 Å². The minimum Gasteiger partial charge on any atom is -0.504 e. The Hall–Kier alpha value is -2.57. The van der Waals surface area contributed by atoms with Crippen LogP contribution in [0, 0.1) is 19.8 Å². The Kier molecular flexibility index (Phi) is 4.13. The first-order chi connectivity index (χ1) is 16.4. The number of aromatic hydroxyl groups is 1. The van der Waals surface area contributed by atoms with Crippen molar-refractivity contribution in [3.8, 4) is 11.5 Å². The first kappa shape index (κ1) is 20.8. The average Bonchev–Trinajstić information content (AvgIpc) is 3.56. The summed E-state index contributed by atoms with van der Waals surface area (Å²) in [4.78, 5) is 2.49. The summed E-state index contributed by atoms with van der Waals surface area (Å²) in [7, 11) is 0. The lowest BCUT2D eigenvalue weighted by Crippen LogP contribution is -2.77. The van der Waals surface area contributed by atoms with Gasteiger partial charge in [-0.05, 0) is 80.3 Å². The second kappa shape index (κ2) is 6.76. The van der Waals surface area contributed by atoms with E-state index < -0.39 is 17.1 Å². The summed E-state index contributed by atoms with van der Waals surface area (Å²) in [6.07, 6.45) is 3.89. The number of nitrogens with zero attached hydrogens (tertiary/aromatic N) is 2. The third kappa shape index (κ3) is 2.41. The van der Waals surface area contributed by atoms with Crippen LogP contribution in [0.25, 0.3) is 0 Å². The van der Waals surface area contributed by atoms with E-state index in [1.807, 2.05) is 12.1 Å². The third-order valence-corrected chi connectivity index (χ3v) is 9.78. The van der Waals surface area contributed by atoms with Gasteiger partial charge in [0, 0.05) is 24.6 Å². The molecule has 2 aliphatic heterocycles. The van der Waals surface area contributed by atoms with E-state index in [2.05, 4.69) is 36.0 Å². The number of aryl methyl sites for hydroxylation is 1. The molecule has 0 amide bonds. The van der Waals surface area contributed by atoms with Crippen molar-refractivity contribution in [2.45, 2.75) is 75.0 Å². The normalized spacial score (nSPS) is 36.9. The van der Waals surface area contributed by atoms with Gasteiger partial charge in [-0.15, -0.1) is 0 Å². The van der Waals surface area contributed by atoms with Crippen LogP contribution in [0.5, 0.6) is 11.5 Å². The summed E-state index contributed by atoms with van der Waals surface area (Å²) in [6, 6.07) is 9.92. The Morgan fingerprint density at radius 3 is 2.76 bits per heavy atom. The fourth-order valence-corrected chi connectivity index (χ4v) is 7.88. The predicted octanol–water partition coefficient (Wildman–Crippen LogP) is 3.80. The zero-order valence-corrected chi connectivity index (χ0v) is 19.8. The standard InChI is InChI=1S/C28H32N2O4/c1-15-4-3-5-19(16(15)2)23-20(29-33)13-28(32)22-12-18-8-9-21(31)25-24(18)27(28,26(23)34-25)10-11-30(22)14-17-6-7-17/h3-5,8-9,17,22-23,26,31-33H,6-7,10-14H2,1-2H3/t22-,23?,26+,27+,28-/m1/s1. The zero-order valence-electron chi connectivity index (χ0n) is 19.8. The van der Waals surface area contributed by atoms with Gasteiger partial charge in [-0.3, -0.25) is 4.90 Å². The largest absolute Gasteiger partial charge is 0.504 e. The molecule has 178 valence electrons. The van der Waals surface area contributed by atoms with Gasteiger partial charge in [0.15, 0.2) is 11.5 Å². The summed E-state index contributed by atoms with van der Waals surface area (Å²) < 4.78 is 6.68. The van der Waals surface area contributed by atoms with Crippen molar-refractivity contribution in [2.24, 2.45) is 11.1 Å². The van der Waals surface area contributed by atoms with Crippen LogP contribution in [0.2, 0.25) is 0 Å². The topological polar surface area (TPSA) is 85.5 Å². The number of benzene rings is 2. The van der Waals surface area contributed by atoms with Crippen molar-refractivity contribution < 1.29 is 20.2 Å². The molecule has 2 aromatic carbocycles. The molecule has 5 aliphatic rings. The van der Waals surface area contributed by atoms with E-state index in [1.54, 1.807) is 6.07 Å². The van der Waals surface area contributed by atoms with E-state index in [1.165, 1.54) is 24.0 Å². The molecule has 5 atom stereocenters. The number of ether oxygens (including phenoxy) is 1. The number of phenolic OH excluding ortho intramolecular Hbond substituents is 1. The van der Waals surface area contributed by atoms with Gasteiger partial charge in [0.05, 0.1) is 22.6 Å². The van der Waals surface area contributed by atoms with Crippen LogP contribution in [0.4, 0.5) is 0 Å². The van der Waals surface area contributed by atoms with Gasteiger partial charge in [0.25, 0.3) is 0 Å². The average molecular weight is 461 g/mol. The second-order valence-corrected chi connectivity index (χ2v) is 11.3. The van der Waals surface area contributed by atoms with Crippen LogP contribution in [-0.2, 0) is 11.8 Å². The third-order valence-electron chi connectivity index (χ3n) is 9.78. The second-order valence-electron chi connectivity index (χ2n) is 11.3. The number of aliphatic hydroxyl groups is 1. The molecule has 1 unspecified atom stereocenters. The molecule has 2 bridgehead atoms. The van der Waals surface area contributed by atoms with Crippen molar-refractivity contribution in [3.63, 3.8) is 0 Å². The maximum Gasteiger partial charge on any atom is 0.165 e. The van der Waals surface area contributed by atoms with Crippen LogP contribution < -0.4 is 4.74 Å². The highest BCUT2D eigenvalue weighted by Gasteiger charge is 2.74. The maximum absolute atomic E-state index is 12.7. The Bertz CT molecular complexity index is 1240. The first-order valence-corrected chi connectivity index (χ1v) is 12.6. The number of phenols is 1. The van der Waals surface area contributed by atoms with E-state index in [0.29, 0.717) is 17.9 Å². The van der Waals surface area contributed by atoms with Gasteiger partial charge in [0.2, 0.25) is 0 Å². The summed E-state index contributed by atoms with van der Waals surface area (Å²) in [5.41, 5.74) is 4.38. The van der Waals surface area contributed by atoms with Gasteiger partial charge in [-0.2, -0.15) is 0 Å². The molecule has 1 saturated heterocycles. The van der Waals surface area contributed by atoms with Crippen LogP contribution in [0.15, 0.2) is 35.5 Å². The summed E-state index contributed by atoms with van der Waals surface area (Å²) in [5, 5.41) is 37.6. The number of rotatable bonds is 3. The Morgan fingerprint density at radius 1 is 1.18 bits per heavy atom. The Labute approximate surface area is 199 Å². The molecule has 6 heteroatoms. The van der Waals surface area contributed by atoms with Crippen molar-refractivity contribution in [1.82, 2.24) is 4.90 Å². The molecule has 0 radical (unpaired) electrons. The van der Waals surface area contributed by atoms with Gasteiger partial charge >= 0.3 is 0 Å². The molecule has 3 aliphatic carbocycles. The fourth-order valence-electron chi connectivity index (χ4n) is 7.88. The summed E-state index contributed by atoms with van der Waals surface area (Å²) >= 11 is 0. The monoisotopic (exact) mass is 460 g/mol. The first-order valence-electron chi connectivity index (χ1n) is 12.6. The molecular weight excluding hydrogens is 428 g/mol. The highest BCUT2D eigenvalue weighted by Crippen LogP contribution is 2.67.